The van der Waals surface area contributed by atoms with Crippen LogP contribution >= 0.6 is 0 Å². The Kier molecular flexibility index (Phi) is 4.87. The maximum Gasteiger partial charge on any atom is 0.262 e. The molecule has 1 aromatic carbocycles. The van der Waals surface area contributed by atoms with Crippen LogP contribution in [-0.4, -0.2) is 35.5 Å². The minimum atomic E-state index is -2.66. The first-order valence-corrected chi connectivity index (χ1v) is 10.4. The zero-order valence-corrected chi connectivity index (χ0v) is 17.4. The molecule has 3 heterocycles. The predicted octanol–water partition coefficient (Wildman–Crippen LogP) is 4.00. The van der Waals surface area contributed by atoms with Crippen LogP contribution in [-0.2, 0) is 13.5 Å². The van der Waals surface area contributed by atoms with Gasteiger partial charge < -0.3 is 4.98 Å². The molecule has 0 atom stereocenters. The van der Waals surface area contributed by atoms with Gasteiger partial charge in [0.15, 0.2) is 5.65 Å². The molecular formula is C22H21F3N6O. The summed E-state index contributed by atoms with van der Waals surface area (Å²) < 4.78 is 44.5. The van der Waals surface area contributed by atoms with Crippen LogP contribution < -0.4 is 5.56 Å². The molecule has 1 fully saturated rings. The van der Waals surface area contributed by atoms with Crippen molar-refractivity contribution in [3.8, 4) is 11.3 Å². The Morgan fingerprint density at radius 1 is 1.19 bits per heavy atom. The number of hydrogen-bond donors (Lipinski definition) is 1. The number of nitrogens with zero attached hydrogens (tertiary/aromatic N) is 5. The molecule has 0 saturated heterocycles. The molecular weight excluding hydrogens is 421 g/mol. The van der Waals surface area contributed by atoms with Gasteiger partial charge in [-0.3, -0.25) is 9.48 Å². The predicted molar refractivity (Wildman–Crippen MR) is 112 cm³/mol. The van der Waals surface area contributed by atoms with E-state index < -0.39 is 11.7 Å². The van der Waals surface area contributed by atoms with E-state index in [1.54, 1.807) is 28.7 Å². The summed E-state index contributed by atoms with van der Waals surface area (Å²) in [6.45, 7) is 0. The summed E-state index contributed by atoms with van der Waals surface area (Å²) in [5.41, 5.74) is 2.21. The Labute approximate surface area is 180 Å². The van der Waals surface area contributed by atoms with Crippen molar-refractivity contribution >= 4 is 11.0 Å². The van der Waals surface area contributed by atoms with Crippen LogP contribution in [0.2, 0.25) is 0 Å². The smallest absolute Gasteiger partial charge is 0.262 e. The summed E-state index contributed by atoms with van der Waals surface area (Å²) in [6.07, 6.45) is 3.35. The fraction of sp³-hybridized carbons (Fsp3) is 0.364. The number of hydrogen-bond acceptors (Lipinski definition) is 4. The van der Waals surface area contributed by atoms with Crippen LogP contribution in [0, 0.1) is 5.82 Å². The number of alkyl halides is 2. The van der Waals surface area contributed by atoms with Crippen LogP contribution in [0.3, 0.4) is 0 Å². The van der Waals surface area contributed by atoms with Gasteiger partial charge in [0.1, 0.15) is 17.0 Å². The molecule has 4 aromatic rings. The van der Waals surface area contributed by atoms with Crippen LogP contribution in [0.15, 0.2) is 41.5 Å². The first kappa shape index (κ1) is 20.5. The minimum Gasteiger partial charge on any atom is -0.310 e. The van der Waals surface area contributed by atoms with Gasteiger partial charge >= 0.3 is 0 Å². The number of aryl methyl sites for hydroxylation is 1. The van der Waals surface area contributed by atoms with E-state index >= 15 is 0 Å². The maximum atomic E-state index is 14.1. The van der Waals surface area contributed by atoms with Crippen molar-refractivity contribution in [1.82, 2.24) is 29.5 Å². The molecule has 7 nitrogen and oxygen atoms in total. The number of rotatable bonds is 4. The Morgan fingerprint density at radius 2 is 1.97 bits per heavy atom. The van der Waals surface area contributed by atoms with Crippen molar-refractivity contribution in [1.29, 1.82) is 0 Å². The molecule has 0 unspecified atom stereocenters. The quantitative estimate of drug-likeness (QED) is 0.518. The summed E-state index contributed by atoms with van der Waals surface area (Å²) in [6, 6.07) is 6.04. The SMILES string of the molecule is Cn1nccc1-c1ccc(F)cc1Cc1nc2c(cnn2C2CCC(F)(F)CC2)c(=O)[nH]1. The van der Waals surface area contributed by atoms with Gasteiger partial charge in [0, 0.05) is 38.1 Å². The third-order valence-corrected chi connectivity index (χ3v) is 6.07. The van der Waals surface area contributed by atoms with Gasteiger partial charge in [-0.05, 0) is 42.7 Å². The topological polar surface area (TPSA) is 81.4 Å². The average Bonchev–Trinajstić information content (AvgIpc) is 3.35. The van der Waals surface area contributed by atoms with E-state index in [4.69, 9.17) is 0 Å². The Morgan fingerprint density at radius 3 is 2.69 bits per heavy atom. The highest BCUT2D eigenvalue weighted by Gasteiger charge is 2.36. The van der Waals surface area contributed by atoms with E-state index in [1.807, 2.05) is 6.07 Å². The largest absolute Gasteiger partial charge is 0.310 e. The number of aromatic amines is 1. The summed E-state index contributed by atoms with van der Waals surface area (Å²) >= 11 is 0. The normalized spacial score (nSPS) is 16.6. The lowest BCUT2D eigenvalue weighted by Gasteiger charge is -2.28. The molecule has 0 spiro atoms. The molecule has 5 rings (SSSR count). The highest BCUT2D eigenvalue weighted by Crippen LogP contribution is 2.38. The fourth-order valence-electron chi connectivity index (χ4n) is 4.38. The van der Waals surface area contributed by atoms with E-state index in [1.165, 1.54) is 18.3 Å². The van der Waals surface area contributed by atoms with Gasteiger partial charge in [-0.1, -0.05) is 0 Å². The van der Waals surface area contributed by atoms with Crippen LogP contribution in [0.1, 0.15) is 43.1 Å². The van der Waals surface area contributed by atoms with Crippen LogP contribution in [0.5, 0.6) is 0 Å². The lowest BCUT2D eigenvalue weighted by Crippen LogP contribution is -2.27. The minimum absolute atomic E-state index is 0.178. The average molecular weight is 442 g/mol. The molecule has 0 aliphatic heterocycles. The van der Waals surface area contributed by atoms with Gasteiger partial charge in [0.05, 0.1) is 17.9 Å². The second-order valence-corrected chi connectivity index (χ2v) is 8.24. The van der Waals surface area contributed by atoms with Gasteiger partial charge in [-0.15, -0.1) is 0 Å². The summed E-state index contributed by atoms with van der Waals surface area (Å²) in [7, 11) is 1.79. The highest BCUT2D eigenvalue weighted by atomic mass is 19.3. The van der Waals surface area contributed by atoms with E-state index in [-0.39, 0.29) is 43.7 Å². The molecule has 166 valence electrons. The third-order valence-electron chi connectivity index (χ3n) is 6.07. The molecule has 0 radical (unpaired) electrons. The first-order valence-electron chi connectivity index (χ1n) is 10.4. The molecule has 0 bridgehead atoms. The maximum absolute atomic E-state index is 14.1. The Hall–Kier alpha value is -3.43. The van der Waals surface area contributed by atoms with Crippen molar-refractivity contribution in [2.45, 2.75) is 44.1 Å². The van der Waals surface area contributed by atoms with Gasteiger partial charge in [-0.2, -0.15) is 10.2 Å². The summed E-state index contributed by atoms with van der Waals surface area (Å²) in [5, 5.41) is 8.75. The van der Waals surface area contributed by atoms with Crippen LogP contribution in [0.25, 0.3) is 22.3 Å². The van der Waals surface area contributed by atoms with Crippen molar-refractivity contribution in [2.75, 3.05) is 0 Å². The van der Waals surface area contributed by atoms with Crippen molar-refractivity contribution in [3.05, 3.63) is 64.2 Å². The lowest BCUT2D eigenvalue weighted by atomic mass is 9.92. The zero-order chi connectivity index (χ0) is 22.5. The molecule has 0 amide bonds. The van der Waals surface area contributed by atoms with Gasteiger partial charge in [0.25, 0.3) is 5.56 Å². The molecule has 1 aliphatic carbocycles. The molecule has 1 N–H and O–H groups in total. The first-order chi connectivity index (χ1) is 15.3. The number of nitrogens with one attached hydrogen (secondary N) is 1. The van der Waals surface area contributed by atoms with Gasteiger partial charge in [0.2, 0.25) is 5.92 Å². The standard InChI is InChI=1S/C22H21F3N6O/c1-30-18(6-9-26-30)16-3-2-14(23)10-13(16)11-19-28-20-17(21(32)29-19)12-27-31(20)15-4-7-22(24,25)8-5-15/h2-3,6,9-10,12,15H,4-5,7-8,11H2,1H3,(H,28,29,32). The number of fused-ring (bicyclic) bond motifs is 1. The van der Waals surface area contributed by atoms with E-state index in [9.17, 15) is 18.0 Å². The fourth-order valence-corrected chi connectivity index (χ4v) is 4.38. The molecule has 10 heteroatoms. The van der Waals surface area contributed by atoms with E-state index in [0.29, 0.717) is 22.4 Å². The van der Waals surface area contributed by atoms with Crippen molar-refractivity contribution < 1.29 is 13.2 Å². The number of halogens is 3. The summed E-state index contributed by atoms with van der Waals surface area (Å²) in [4.78, 5) is 20.0. The molecule has 32 heavy (non-hydrogen) atoms. The highest BCUT2D eigenvalue weighted by molar-refractivity contribution is 5.73. The van der Waals surface area contributed by atoms with Gasteiger partial charge in [-0.25, -0.2) is 22.8 Å². The second kappa shape index (κ2) is 7.61. The molecule has 1 aliphatic rings. The number of aromatic nitrogens is 6. The third kappa shape index (κ3) is 3.69. The Balaban J connectivity index is 1.53. The molecule has 1 saturated carbocycles. The number of H-pyrrole nitrogens is 1. The monoisotopic (exact) mass is 442 g/mol. The molecule has 3 aromatic heterocycles. The second-order valence-electron chi connectivity index (χ2n) is 8.24. The lowest BCUT2D eigenvalue weighted by molar-refractivity contribution is -0.0446. The van der Waals surface area contributed by atoms with Crippen LogP contribution in [0.4, 0.5) is 13.2 Å². The van der Waals surface area contributed by atoms with Crippen molar-refractivity contribution in [2.24, 2.45) is 7.05 Å². The van der Waals surface area contributed by atoms with Crippen molar-refractivity contribution in [3.63, 3.8) is 0 Å². The Bertz CT molecular complexity index is 1350. The zero-order valence-electron chi connectivity index (χ0n) is 17.4. The van der Waals surface area contributed by atoms with E-state index in [0.717, 1.165) is 11.3 Å². The van der Waals surface area contributed by atoms with E-state index in [2.05, 4.69) is 20.2 Å². The number of benzene rings is 1. The summed E-state index contributed by atoms with van der Waals surface area (Å²) in [5.74, 6) is -2.71.